The van der Waals surface area contributed by atoms with Crippen LogP contribution in [-0.2, 0) is 6.54 Å². The Balaban J connectivity index is 1.54. The van der Waals surface area contributed by atoms with Gasteiger partial charge in [-0.15, -0.1) is 11.3 Å². The molecule has 2 N–H and O–H groups in total. The van der Waals surface area contributed by atoms with Gasteiger partial charge in [-0.05, 0) is 51.2 Å². The summed E-state index contributed by atoms with van der Waals surface area (Å²) in [6.07, 6.45) is 7.99. The Morgan fingerprint density at radius 3 is 2.68 bits per heavy atom. The molecule has 2 heterocycles. The Hall–Kier alpha value is -1.14. The van der Waals surface area contributed by atoms with Crippen LogP contribution in [0, 0.1) is 0 Å². The van der Waals surface area contributed by atoms with Gasteiger partial charge in [-0.3, -0.25) is 4.99 Å². The molecule has 0 aliphatic carbocycles. The molecule has 0 atom stereocenters. The van der Waals surface area contributed by atoms with E-state index in [2.05, 4.69) is 44.7 Å². The van der Waals surface area contributed by atoms with Crippen LogP contribution in [-0.4, -0.2) is 49.1 Å². The first-order chi connectivity index (χ1) is 12.2. The molecule has 1 saturated heterocycles. The van der Waals surface area contributed by atoms with Crippen LogP contribution in [0.1, 0.15) is 69.0 Å². The lowest BCUT2D eigenvalue weighted by Gasteiger charge is -2.26. The van der Waals surface area contributed by atoms with E-state index in [4.69, 9.17) is 0 Å². The molecular formula is C19H35N5S. The summed E-state index contributed by atoms with van der Waals surface area (Å²) in [6.45, 7) is 9.97. The first-order valence-corrected chi connectivity index (χ1v) is 10.7. The summed E-state index contributed by atoms with van der Waals surface area (Å²) < 4.78 is 0. The van der Waals surface area contributed by atoms with Crippen LogP contribution in [0.25, 0.3) is 0 Å². The first-order valence-electron chi connectivity index (χ1n) is 9.80. The van der Waals surface area contributed by atoms with Crippen molar-refractivity contribution in [1.29, 1.82) is 0 Å². The van der Waals surface area contributed by atoms with E-state index in [9.17, 15) is 0 Å². The number of thiazole rings is 1. The van der Waals surface area contributed by atoms with E-state index in [1.165, 1.54) is 63.9 Å². The maximum Gasteiger partial charge on any atom is 0.191 e. The van der Waals surface area contributed by atoms with E-state index in [-0.39, 0.29) is 0 Å². The fourth-order valence-electron chi connectivity index (χ4n) is 3.08. The highest BCUT2D eigenvalue weighted by Crippen LogP contribution is 2.17. The van der Waals surface area contributed by atoms with E-state index in [0.29, 0.717) is 5.92 Å². The second-order valence-corrected chi connectivity index (χ2v) is 8.08. The van der Waals surface area contributed by atoms with Crippen molar-refractivity contribution in [3.05, 3.63) is 16.1 Å². The fraction of sp³-hybridized carbons (Fsp3) is 0.789. The largest absolute Gasteiger partial charge is 0.356 e. The zero-order chi connectivity index (χ0) is 17.9. The molecule has 1 fully saturated rings. The summed E-state index contributed by atoms with van der Waals surface area (Å²) in [5.74, 6) is 1.37. The van der Waals surface area contributed by atoms with Crippen molar-refractivity contribution in [3.63, 3.8) is 0 Å². The number of aliphatic imine (C=N–C) groups is 1. The predicted octanol–water partition coefficient (Wildman–Crippen LogP) is 3.59. The molecule has 0 unspecified atom stereocenters. The van der Waals surface area contributed by atoms with Crippen LogP contribution in [0.15, 0.2) is 10.4 Å². The van der Waals surface area contributed by atoms with E-state index in [0.717, 1.165) is 24.1 Å². The third kappa shape index (κ3) is 7.74. The van der Waals surface area contributed by atoms with Gasteiger partial charge in [0.1, 0.15) is 5.01 Å². The zero-order valence-corrected chi connectivity index (χ0v) is 17.0. The minimum atomic E-state index is 0.493. The standard InChI is InChI=1S/C19H35N5S/c1-16(2)17-15-25-18(23-17)14-22-19(20-3)21-10-6-4-7-11-24-12-8-5-9-13-24/h15-16H,4-14H2,1-3H3,(H2,20,21,22). The summed E-state index contributed by atoms with van der Waals surface area (Å²) in [5.41, 5.74) is 1.18. The van der Waals surface area contributed by atoms with Crippen molar-refractivity contribution in [2.75, 3.05) is 33.2 Å². The molecule has 142 valence electrons. The number of likely N-dealkylation sites (tertiary alicyclic amines) is 1. The maximum atomic E-state index is 4.65. The molecule has 0 bridgehead atoms. The molecular weight excluding hydrogens is 330 g/mol. The van der Waals surface area contributed by atoms with Gasteiger partial charge in [-0.2, -0.15) is 0 Å². The van der Waals surface area contributed by atoms with Gasteiger partial charge in [-0.1, -0.05) is 26.7 Å². The van der Waals surface area contributed by atoms with Crippen LogP contribution in [0.2, 0.25) is 0 Å². The molecule has 0 spiro atoms. The van der Waals surface area contributed by atoms with Crippen molar-refractivity contribution < 1.29 is 0 Å². The first kappa shape index (κ1) is 20.2. The number of piperidine rings is 1. The highest BCUT2D eigenvalue weighted by Gasteiger charge is 2.09. The average molecular weight is 366 g/mol. The van der Waals surface area contributed by atoms with Crippen molar-refractivity contribution in [3.8, 4) is 0 Å². The molecule has 5 nitrogen and oxygen atoms in total. The smallest absolute Gasteiger partial charge is 0.191 e. The van der Waals surface area contributed by atoms with Gasteiger partial charge in [0.05, 0.1) is 12.2 Å². The number of aromatic nitrogens is 1. The molecule has 0 aromatic carbocycles. The molecule has 25 heavy (non-hydrogen) atoms. The Morgan fingerprint density at radius 2 is 2.00 bits per heavy atom. The van der Waals surface area contributed by atoms with Crippen LogP contribution >= 0.6 is 11.3 Å². The molecule has 2 rings (SSSR count). The molecule has 0 amide bonds. The van der Waals surface area contributed by atoms with Gasteiger partial charge in [0.2, 0.25) is 0 Å². The molecule has 1 aliphatic rings. The van der Waals surface area contributed by atoms with Gasteiger partial charge >= 0.3 is 0 Å². The van der Waals surface area contributed by atoms with Gasteiger partial charge in [0.25, 0.3) is 0 Å². The van der Waals surface area contributed by atoms with E-state index in [1.807, 2.05) is 7.05 Å². The van der Waals surface area contributed by atoms with Crippen molar-refractivity contribution in [1.82, 2.24) is 20.5 Å². The van der Waals surface area contributed by atoms with Crippen molar-refractivity contribution in [2.45, 2.75) is 64.8 Å². The Labute approximate surface area is 157 Å². The lowest BCUT2D eigenvalue weighted by Crippen LogP contribution is -2.37. The van der Waals surface area contributed by atoms with Crippen LogP contribution < -0.4 is 10.6 Å². The number of nitrogens with zero attached hydrogens (tertiary/aromatic N) is 3. The maximum absolute atomic E-state index is 4.65. The van der Waals surface area contributed by atoms with Gasteiger partial charge in [0, 0.05) is 19.0 Å². The molecule has 0 saturated carbocycles. The number of guanidine groups is 1. The number of hydrogen-bond donors (Lipinski definition) is 2. The van der Waals surface area contributed by atoms with Crippen LogP contribution in [0.4, 0.5) is 0 Å². The van der Waals surface area contributed by atoms with E-state index < -0.39 is 0 Å². The highest BCUT2D eigenvalue weighted by atomic mass is 32.1. The second kappa shape index (κ2) is 11.5. The summed E-state index contributed by atoms with van der Waals surface area (Å²) in [5, 5.41) is 10.0. The SMILES string of the molecule is CN=C(NCCCCCN1CCCCC1)NCc1nc(C(C)C)cs1. The van der Waals surface area contributed by atoms with Crippen molar-refractivity contribution in [2.24, 2.45) is 4.99 Å². The Bertz CT molecular complexity index is 506. The minimum absolute atomic E-state index is 0.493. The van der Waals surface area contributed by atoms with E-state index in [1.54, 1.807) is 11.3 Å². The Morgan fingerprint density at radius 1 is 1.20 bits per heavy atom. The minimum Gasteiger partial charge on any atom is -0.356 e. The summed E-state index contributed by atoms with van der Waals surface area (Å²) in [4.78, 5) is 11.6. The van der Waals surface area contributed by atoms with Crippen LogP contribution in [0.3, 0.4) is 0 Å². The zero-order valence-electron chi connectivity index (χ0n) is 16.2. The lowest BCUT2D eigenvalue weighted by atomic mass is 10.1. The quantitative estimate of drug-likeness (QED) is 0.399. The van der Waals surface area contributed by atoms with Gasteiger partial charge in [-0.25, -0.2) is 4.98 Å². The summed E-state index contributed by atoms with van der Waals surface area (Å²) >= 11 is 1.72. The highest BCUT2D eigenvalue weighted by molar-refractivity contribution is 7.09. The Kier molecular flexibility index (Phi) is 9.26. The fourth-order valence-corrected chi connectivity index (χ4v) is 3.97. The van der Waals surface area contributed by atoms with Gasteiger partial charge < -0.3 is 15.5 Å². The summed E-state index contributed by atoms with van der Waals surface area (Å²) in [6, 6.07) is 0. The number of rotatable bonds is 9. The van der Waals surface area contributed by atoms with Crippen LogP contribution in [0.5, 0.6) is 0 Å². The molecule has 0 radical (unpaired) electrons. The molecule has 6 heteroatoms. The third-order valence-corrected chi connectivity index (χ3v) is 5.55. The third-order valence-electron chi connectivity index (χ3n) is 4.68. The second-order valence-electron chi connectivity index (χ2n) is 7.14. The summed E-state index contributed by atoms with van der Waals surface area (Å²) in [7, 11) is 1.83. The number of unbranched alkanes of at least 4 members (excludes halogenated alkanes) is 2. The predicted molar refractivity (Wildman–Crippen MR) is 109 cm³/mol. The number of nitrogens with one attached hydrogen (secondary N) is 2. The molecule has 1 aromatic heterocycles. The monoisotopic (exact) mass is 365 g/mol. The normalized spacial score (nSPS) is 16.4. The van der Waals surface area contributed by atoms with Gasteiger partial charge in [0.15, 0.2) is 5.96 Å². The van der Waals surface area contributed by atoms with Crippen molar-refractivity contribution >= 4 is 17.3 Å². The number of hydrogen-bond acceptors (Lipinski definition) is 4. The average Bonchev–Trinajstić information content (AvgIpc) is 3.11. The molecule has 1 aliphatic heterocycles. The lowest BCUT2D eigenvalue weighted by molar-refractivity contribution is 0.224. The molecule has 1 aromatic rings. The van der Waals surface area contributed by atoms with E-state index >= 15 is 0 Å². The topological polar surface area (TPSA) is 52.6 Å².